The van der Waals surface area contributed by atoms with Crippen LogP contribution in [0.1, 0.15) is 75.6 Å². The van der Waals surface area contributed by atoms with Gasteiger partial charge in [0.1, 0.15) is 12.2 Å². The van der Waals surface area contributed by atoms with E-state index >= 15 is 0 Å². The molecule has 0 aliphatic heterocycles. The smallest absolute Gasteiger partial charge is 0.292 e. The molecule has 206 valence electrons. The Bertz CT molecular complexity index is 1260. The zero-order valence-electron chi connectivity index (χ0n) is 21.2. The molecular formula is C25H30F6N2O3S. The van der Waals surface area contributed by atoms with E-state index in [1.807, 2.05) is 0 Å². The number of halogens is 6. The van der Waals surface area contributed by atoms with Crippen molar-refractivity contribution in [3.05, 3.63) is 47.3 Å². The van der Waals surface area contributed by atoms with Crippen molar-refractivity contribution in [3.63, 3.8) is 0 Å². The lowest BCUT2D eigenvalue weighted by Gasteiger charge is -2.44. The van der Waals surface area contributed by atoms with Crippen LogP contribution < -0.4 is 0 Å². The fourth-order valence-corrected chi connectivity index (χ4v) is 6.43. The predicted molar refractivity (Wildman–Crippen MR) is 125 cm³/mol. The molecule has 0 spiro atoms. The molecule has 0 saturated heterocycles. The van der Waals surface area contributed by atoms with Gasteiger partial charge >= 0.3 is 12.4 Å². The molecule has 1 aliphatic rings. The lowest BCUT2D eigenvalue weighted by atomic mass is 9.67. The molecule has 1 aromatic carbocycles. The summed E-state index contributed by atoms with van der Waals surface area (Å²) in [6, 6.07) is 4.99. The van der Waals surface area contributed by atoms with E-state index in [2.05, 4.69) is 5.10 Å². The molecular weight excluding hydrogens is 522 g/mol. The van der Waals surface area contributed by atoms with Crippen LogP contribution in [0.5, 0.6) is 0 Å². The van der Waals surface area contributed by atoms with Crippen molar-refractivity contribution >= 4 is 15.6 Å². The van der Waals surface area contributed by atoms with E-state index in [1.54, 1.807) is 20.8 Å². The van der Waals surface area contributed by atoms with Crippen LogP contribution in [0.4, 0.5) is 26.3 Å². The number of rotatable bonds is 7. The average Bonchev–Trinajstić information content (AvgIpc) is 3.12. The van der Waals surface area contributed by atoms with Gasteiger partial charge in [-0.15, -0.1) is 0 Å². The van der Waals surface area contributed by atoms with Gasteiger partial charge in [-0.3, -0.25) is 9.48 Å². The number of hydrogen-bond acceptors (Lipinski definition) is 4. The zero-order chi connectivity index (χ0) is 28.2. The van der Waals surface area contributed by atoms with Gasteiger partial charge in [0.15, 0.2) is 15.6 Å². The number of alkyl halides is 6. The predicted octanol–water partition coefficient (Wildman–Crippen LogP) is 6.61. The first-order valence-corrected chi connectivity index (χ1v) is 13.2. The number of carbonyl (C=O) groups excluding carboxylic acids is 1. The van der Waals surface area contributed by atoms with Crippen molar-refractivity contribution in [2.45, 2.75) is 87.8 Å². The molecule has 0 bridgehead atoms. The quantitative estimate of drug-likeness (QED) is 0.286. The van der Waals surface area contributed by atoms with E-state index in [-0.39, 0.29) is 23.7 Å². The van der Waals surface area contributed by atoms with Crippen molar-refractivity contribution in [1.82, 2.24) is 9.78 Å². The van der Waals surface area contributed by atoms with E-state index in [4.69, 9.17) is 0 Å². The second-order valence-electron chi connectivity index (χ2n) is 11.2. The molecule has 37 heavy (non-hydrogen) atoms. The number of carbonyl (C=O) groups is 1. The van der Waals surface area contributed by atoms with Gasteiger partial charge < -0.3 is 0 Å². The summed E-state index contributed by atoms with van der Waals surface area (Å²) < 4.78 is 104. The third-order valence-electron chi connectivity index (χ3n) is 7.02. The first-order valence-electron chi connectivity index (χ1n) is 11.7. The highest BCUT2D eigenvalue weighted by atomic mass is 32.2. The first-order chi connectivity index (χ1) is 16.6. The molecule has 3 rings (SSSR count). The van der Waals surface area contributed by atoms with Crippen LogP contribution in [0, 0.1) is 11.8 Å². The van der Waals surface area contributed by atoms with Crippen LogP contribution in [0.3, 0.4) is 0 Å². The topological polar surface area (TPSA) is 69.0 Å². The summed E-state index contributed by atoms with van der Waals surface area (Å²) in [5.74, 6) is -1.05. The van der Waals surface area contributed by atoms with E-state index < -0.39 is 61.1 Å². The largest absolute Gasteiger partial charge is 0.416 e. The molecule has 1 saturated carbocycles. The van der Waals surface area contributed by atoms with Crippen molar-refractivity contribution in [2.24, 2.45) is 11.8 Å². The van der Waals surface area contributed by atoms with Gasteiger partial charge in [0.25, 0.3) is 0 Å². The molecule has 12 heteroatoms. The number of sulfone groups is 1. The number of aromatic nitrogens is 2. The van der Waals surface area contributed by atoms with Crippen LogP contribution >= 0.6 is 0 Å². The number of hydrogen-bond donors (Lipinski definition) is 0. The molecule has 2 aromatic rings. The minimum atomic E-state index is -4.68. The van der Waals surface area contributed by atoms with E-state index in [1.165, 1.54) is 19.9 Å². The van der Waals surface area contributed by atoms with Gasteiger partial charge in [-0.25, -0.2) is 8.42 Å². The number of Topliss-reactive ketones (excluding diaryl/α,β-unsaturated/α-hetero) is 1. The minimum Gasteiger partial charge on any atom is -0.292 e. The highest BCUT2D eigenvalue weighted by molar-refractivity contribution is 7.92. The van der Waals surface area contributed by atoms with E-state index in [0.29, 0.717) is 18.9 Å². The van der Waals surface area contributed by atoms with Crippen LogP contribution in [0.25, 0.3) is 0 Å². The Morgan fingerprint density at radius 2 is 1.59 bits per heavy atom. The van der Waals surface area contributed by atoms with Gasteiger partial charge in [-0.05, 0) is 62.8 Å². The normalized spacial score (nSPS) is 19.5. The Balaban J connectivity index is 1.72. The lowest BCUT2D eigenvalue weighted by Crippen LogP contribution is -2.46. The number of benzene rings is 1. The lowest BCUT2D eigenvalue weighted by molar-refractivity contribution is -0.143. The molecule has 0 amide bonds. The summed E-state index contributed by atoms with van der Waals surface area (Å²) in [5, 5.41) is 3.91. The first kappa shape index (κ1) is 29.2. The number of nitrogens with zero attached hydrogens (tertiary/aromatic N) is 2. The summed E-state index contributed by atoms with van der Waals surface area (Å²) in [6.45, 7) is 6.75. The summed E-state index contributed by atoms with van der Waals surface area (Å²) in [7, 11) is -4.13. The third kappa shape index (κ3) is 6.21. The standard InChI is InChI=1S/C25H30F6N2O3S/c1-22(2,3)21-13-19(32-33(21)14-24(26,27)28)20(34)11-15-9-17(10-15)23(4,5)37(35,36)18-8-6-7-16(12-18)25(29,30)31/h6-8,12-13,15,17H,9-11,14H2,1-5H3. The molecule has 0 radical (unpaired) electrons. The maximum Gasteiger partial charge on any atom is 0.416 e. The van der Waals surface area contributed by atoms with Crippen LogP contribution in [0.15, 0.2) is 35.2 Å². The molecule has 1 aromatic heterocycles. The Labute approximate surface area is 212 Å². The van der Waals surface area contributed by atoms with Crippen molar-refractivity contribution < 1.29 is 39.6 Å². The van der Waals surface area contributed by atoms with Gasteiger partial charge in [0.05, 0.1) is 15.2 Å². The summed E-state index contributed by atoms with van der Waals surface area (Å²) in [5.41, 5.74) is -1.54. The van der Waals surface area contributed by atoms with Gasteiger partial charge in [0.2, 0.25) is 0 Å². The fraction of sp³-hybridized carbons (Fsp3) is 0.600. The van der Waals surface area contributed by atoms with Gasteiger partial charge in [-0.1, -0.05) is 26.8 Å². The molecule has 0 N–H and O–H groups in total. The van der Waals surface area contributed by atoms with E-state index in [0.717, 1.165) is 22.9 Å². The van der Waals surface area contributed by atoms with Crippen molar-refractivity contribution in [1.29, 1.82) is 0 Å². The SMILES string of the molecule is CC(C)(C)c1cc(C(=O)CC2CC(C(C)(C)S(=O)(=O)c3cccc(C(F)(F)F)c3)C2)nn1CC(F)(F)F. The third-order valence-corrected chi connectivity index (χ3v) is 9.61. The van der Waals surface area contributed by atoms with Gasteiger partial charge in [0, 0.05) is 17.5 Å². The minimum absolute atomic E-state index is 0.0111. The second-order valence-corrected chi connectivity index (χ2v) is 13.8. The van der Waals surface area contributed by atoms with Crippen LogP contribution in [-0.2, 0) is 28.0 Å². The zero-order valence-corrected chi connectivity index (χ0v) is 22.0. The van der Waals surface area contributed by atoms with Gasteiger partial charge in [-0.2, -0.15) is 31.4 Å². The maximum absolute atomic E-state index is 13.2. The highest BCUT2D eigenvalue weighted by Gasteiger charge is 2.49. The van der Waals surface area contributed by atoms with Crippen molar-refractivity contribution in [3.8, 4) is 0 Å². The summed E-state index contributed by atoms with van der Waals surface area (Å²) in [4.78, 5) is 12.4. The summed E-state index contributed by atoms with van der Waals surface area (Å²) >= 11 is 0. The number of ketones is 1. The Morgan fingerprint density at radius 1 is 1.00 bits per heavy atom. The molecule has 1 heterocycles. The Morgan fingerprint density at radius 3 is 2.11 bits per heavy atom. The van der Waals surface area contributed by atoms with Crippen LogP contribution in [-0.4, -0.2) is 34.9 Å². The van der Waals surface area contributed by atoms with Crippen molar-refractivity contribution in [2.75, 3.05) is 0 Å². The van der Waals surface area contributed by atoms with E-state index in [9.17, 15) is 39.6 Å². The molecule has 0 atom stereocenters. The fourth-order valence-electron chi connectivity index (χ4n) is 4.65. The molecule has 5 nitrogen and oxygen atoms in total. The molecule has 1 fully saturated rings. The highest BCUT2D eigenvalue weighted by Crippen LogP contribution is 2.48. The molecule has 0 unspecified atom stereocenters. The van der Waals surface area contributed by atoms with Crippen LogP contribution in [0.2, 0.25) is 0 Å². The Kier molecular flexibility index (Phi) is 7.44. The average molecular weight is 553 g/mol. The Hall–Kier alpha value is -2.37. The molecule has 1 aliphatic carbocycles. The summed E-state index contributed by atoms with van der Waals surface area (Å²) in [6.07, 6.45) is -8.52. The maximum atomic E-state index is 13.2. The monoisotopic (exact) mass is 552 g/mol. The second kappa shape index (κ2) is 9.43.